The third kappa shape index (κ3) is 4.70. The molecule has 1 N–H and O–H groups in total. The maximum atomic E-state index is 12.6. The van der Waals surface area contributed by atoms with Crippen molar-refractivity contribution in [1.82, 2.24) is 14.8 Å². The Kier molecular flexibility index (Phi) is 6.36. The van der Waals surface area contributed by atoms with E-state index in [1.165, 1.54) is 10.9 Å². The smallest absolute Gasteiger partial charge is 0.225 e. The van der Waals surface area contributed by atoms with Crippen molar-refractivity contribution in [2.24, 2.45) is 0 Å². The van der Waals surface area contributed by atoms with Crippen LogP contribution in [0.2, 0.25) is 0 Å². The molecule has 166 valence electrons. The number of para-hydroxylation sites is 2. The molecule has 0 saturated heterocycles. The van der Waals surface area contributed by atoms with E-state index in [9.17, 15) is 10.1 Å². The van der Waals surface area contributed by atoms with E-state index < -0.39 is 0 Å². The van der Waals surface area contributed by atoms with Crippen LogP contribution in [-0.4, -0.2) is 27.3 Å². The zero-order valence-corrected chi connectivity index (χ0v) is 18.9. The maximum absolute atomic E-state index is 12.6. The zero-order chi connectivity index (χ0) is 23.4. The van der Waals surface area contributed by atoms with E-state index >= 15 is 0 Å². The molecule has 0 saturated carbocycles. The SMILES string of the molecule is Cc1cccc(C)c1OCCCC(=O)Nc1c(C#N)cnn1-c1cc(C)c2ccccc2n1. The monoisotopic (exact) mass is 439 g/mol. The first-order valence-electron chi connectivity index (χ1n) is 10.8. The lowest BCUT2D eigenvalue weighted by Gasteiger charge is -2.13. The molecule has 2 heterocycles. The number of hydrogen-bond donors (Lipinski definition) is 1. The minimum Gasteiger partial charge on any atom is -0.493 e. The largest absolute Gasteiger partial charge is 0.493 e. The summed E-state index contributed by atoms with van der Waals surface area (Å²) in [7, 11) is 0. The summed E-state index contributed by atoms with van der Waals surface area (Å²) in [6.45, 7) is 6.43. The molecule has 7 nitrogen and oxygen atoms in total. The molecule has 0 aliphatic heterocycles. The first kappa shape index (κ1) is 22.0. The molecule has 4 rings (SSSR count). The second kappa shape index (κ2) is 9.53. The third-order valence-electron chi connectivity index (χ3n) is 5.48. The van der Waals surface area contributed by atoms with Gasteiger partial charge in [-0.1, -0.05) is 36.4 Å². The number of hydrogen-bond acceptors (Lipinski definition) is 5. The second-order valence-electron chi connectivity index (χ2n) is 7.97. The van der Waals surface area contributed by atoms with Crippen molar-refractivity contribution < 1.29 is 9.53 Å². The Morgan fingerprint density at radius 2 is 1.85 bits per heavy atom. The van der Waals surface area contributed by atoms with Crippen LogP contribution in [-0.2, 0) is 4.79 Å². The number of benzene rings is 2. The molecule has 0 bridgehead atoms. The Morgan fingerprint density at radius 3 is 2.61 bits per heavy atom. The summed E-state index contributed by atoms with van der Waals surface area (Å²) in [4.78, 5) is 17.3. The molecule has 0 fully saturated rings. The number of aryl methyl sites for hydroxylation is 3. The fraction of sp³-hybridized carbons (Fsp3) is 0.231. The van der Waals surface area contributed by atoms with E-state index in [2.05, 4.69) is 21.5 Å². The van der Waals surface area contributed by atoms with Gasteiger partial charge in [0.25, 0.3) is 0 Å². The van der Waals surface area contributed by atoms with Crippen molar-refractivity contribution in [1.29, 1.82) is 5.26 Å². The van der Waals surface area contributed by atoms with Crippen LogP contribution >= 0.6 is 0 Å². The molecule has 7 heteroatoms. The average molecular weight is 440 g/mol. The summed E-state index contributed by atoms with van der Waals surface area (Å²) >= 11 is 0. The van der Waals surface area contributed by atoms with Crippen molar-refractivity contribution in [3.8, 4) is 17.6 Å². The van der Waals surface area contributed by atoms with Crippen LogP contribution < -0.4 is 10.1 Å². The molecule has 0 unspecified atom stereocenters. The van der Waals surface area contributed by atoms with Gasteiger partial charge in [-0.3, -0.25) is 4.79 Å². The van der Waals surface area contributed by atoms with Crippen LogP contribution in [0.5, 0.6) is 5.75 Å². The number of nitrogens with one attached hydrogen (secondary N) is 1. The number of fused-ring (bicyclic) bond motifs is 1. The van der Waals surface area contributed by atoms with Gasteiger partial charge in [0.2, 0.25) is 5.91 Å². The van der Waals surface area contributed by atoms with Crippen molar-refractivity contribution in [3.05, 3.63) is 77.0 Å². The fourth-order valence-corrected chi connectivity index (χ4v) is 3.79. The second-order valence-corrected chi connectivity index (χ2v) is 7.97. The molecule has 2 aromatic carbocycles. The van der Waals surface area contributed by atoms with E-state index in [-0.39, 0.29) is 17.9 Å². The lowest BCUT2D eigenvalue weighted by Crippen LogP contribution is -2.17. The highest BCUT2D eigenvalue weighted by Gasteiger charge is 2.17. The van der Waals surface area contributed by atoms with Gasteiger partial charge in [-0.2, -0.15) is 15.0 Å². The van der Waals surface area contributed by atoms with Crippen LogP contribution in [0.15, 0.2) is 54.7 Å². The number of pyridine rings is 1. The molecule has 2 aromatic heterocycles. The summed E-state index contributed by atoms with van der Waals surface area (Å²) in [6.07, 6.45) is 2.24. The molecule has 0 aliphatic rings. The van der Waals surface area contributed by atoms with Crippen molar-refractivity contribution in [2.45, 2.75) is 33.6 Å². The predicted molar refractivity (Wildman–Crippen MR) is 128 cm³/mol. The number of amides is 1. The van der Waals surface area contributed by atoms with E-state index in [0.29, 0.717) is 24.7 Å². The number of carbonyl (C=O) groups excluding carboxylic acids is 1. The van der Waals surface area contributed by atoms with Crippen molar-refractivity contribution >= 4 is 22.6 Å². The van der Waals surface area contributed by atoms with Gasteiger partial charge < -0.3 is 10.1 Å². The first-order chi connectivity index (χ1) is 16.0. The van der Waals surface area contributed by atoms with Gasteiger partial charge in [0, 0.05) is 11.8 Å². The topological polar surface area (TPSA) is 92.8 Å². The molecule has 0 spiro atoms. The van der Waals surface area contributed by atoms with Crippen LogP contribution in [0, 0.1) is 32.1 Å². The summed E-state index contributed by atoms with van der Waals surface area (Å²) < 4.78 is 7.39. The number of rotatable bonds is 7. The summed E-state index contributed by atoms with van der Waals surface area (Å²) in [6, 6.07) is 17.8. The highest BCUT2D eigenvalue weighted by Crippen LogP contribution is 2.24. The number of nitrogens with zero attached hydrogens (tertiary/aromatic N) is 4. The van der Waals surface area contributed by atoms with Crippen molar-refractivity contribution in [3.63, 3.8) is 0 Å². The highest BCUT2D eigenvalue weighted by atomic mass is 16.5. The number of nitriles is 1. The molecular formula is C26H25N5O2. The Hall–Kier alpha value is -4.18. The predicted octanol–water partition coefficient (Wildman–Crippen LogP) is 5.02. The molecule has 0 atom stereocenters. The lowest BCUT2D eigenvalue weighted by atomic mass is 10.1. The molecule has 4 aromatic rings. The van der Waals surface area contributed by atoms with E-state index in [1.807, 2.05) is 69.3 Å². The number of ether oxygens (including phenoxy) is 1. The summed E-state index contributed by atoms with van der Waals surface area (Å²) in [5.74, 6) is 1.51. The van der Waals surface area contributed by atoms with Gasteiger partial charge >= 0.3 is 0 Å². The third-order valence-corrected chi connectivity index (χ3v) is 5.48. The van der Waals surface area contributed by atoms with E-state index in [0.717, 1.165) is 33.3 Å². The van der Waals surface area contributed by atoms with E-state index in [1.54, 1.807) is 0 Å². The summed E-state index contributed by atoms with van der Waals surface area (Å²) in [5, 5.41) is 17.7. The minimum absolute atomic E-state index is 0.212. The van der Waals surface area contributed by atoms with Gasteiger partial charge in [0.15, 0.2) is 11.6 Å². The van der Waals surface area contributed by atoms with Gasteiger partial charge in [-0.15, -0.1) is 0 Å². The van der Waals surface area contributed by atoms with Crippen LogP contribution in [0.4, 0.5) is 5.82 Å². The van der Waals surface area contributed by atoms with Gasteiger partial charge in [0.1, 0.15) is 17.4 Å². The van der Waals surface area contributed by atoms with E-state index in [4.69, 9.17) is 4.74 Å². The number of carbonyl (C=O) groups is 1. The molecular weight excluding hydrogens is 414 g/mol. The highest BCUT2D eigenvalue weighted by molar-refractivity contribution is 5.91. The maximum Gasteiger partial charge on any atom is 0.225 e. The number of aromatic nitrogens is 3. The Morgan fingerprint density at radius 1 is 1.09 bits per heavy atom. The van der Waals surface area contributed by atoms with Gasteiger partial charge in [-0.25, -0.2) is 4.98 Å². The standard InChI is InChI=1S/C26H25N5O2/c1-17-8-6-9-18(2)25(17)33-13-7-12-24(32)30-26-20(15-27)16-28-31(26)23-14-19(3)21-10-4-5-11-22(21)29-23/h4-6,8-11,14,16H,7,12-13H2,1-3H3,(H,30,32). The molecule has 0 aliphatic carbocycles. The quantitative estimate of drug-likeness (QED) is 0.408. The Bertz CT molecular complexity index is 1350. The van der Waals surface area contributed by atoms with Crippen LogP contribution in [0.3, 0.4) is 0 Å². The fourth-order valence-electron chi connectivity index (χ4n) is 3.79. The normalized spacial score (nSPS) is 10.7. The molecule has 1 amide bonds. The number of anilines is 1. The zero-order valence-electron chi connectivity index (χ0n) is 18.9. The summed E-state index contributed by atoms with van der Waals surface area (Å²) in [5.41, 5.74) is 4.27. The van der Waals surface area contributed by atoms with Crippen LogP contribution in [0.25, 0.3) is 16.7 Å². The Balaban J connectivity index is 1.47. The average Bonchev–Trinajstić information content (AvgIpc) is 3.20. The lowest BCUT2D eigenvalue weighted by molar-refractivity contribution is -0.116. The van der Waals surface area contributed by atoms with Crippen molar-refractivity contribution in [2.75, 3.05) is 11.9 Å². The van der Waals surface area contributed by atoms with Gasteiger partial charge in [0.05, 0.1) is 18.3 Å². The molecule has 33 heavy (non-hydrogen) atoms. The Labute approximate surface area is 192 Å². The van der Waals surface area contributed by atoms with Gasteiger partial charge in [-0.05, 0) is 56.0 Å². The first-order valence-corrected chi connectivity index (χ1v) is 10.8. The molecule has 0 radical (unpaired) electrons. The minimum atomic E-state index is -0.212. The van der Waals surface area contributed by atoms with Crippen LogP contribution in [0.1, 0.15) is 35.1 Å².